The summed E-state index contributed by atoms with van der Waals surface area (Å²) in [6.07, 6.45) is 3.12. The van der Waals surface area contributed by atoms with Crippen LogP contribution in [0, 0.1) is 17.1 Å². The molecular formula is C16H12FN3O. The highest BCUT2D eigenvalue weighted by atomic mass is 19.1. The summed E-state index contributed by atoms with van der Waals surface area (Å²) in [5.41, 5.74) is 1.88. The Morgan fingerprint density at radius 2 is 1.76 bits per heavy atom. The molecule has 2 aromatic rings. The van der Waals surface area contributed by atoms with Gasteiger partial charge in [0, 0.05) is 11.9 Å². The molecule has 0 saturated heterocycles. The molecule has 4 nitrogen and oxygen atoms in total. The molecule has 0 heterocycles. The normalized spacial score (nSPS) is 10.1. The third-order valence-electron chi connectivity index (χ3n) is 2.63. The molecule has 0 saturated carbocycles. The number of halogens is 1. The van der Waals surface area contributed by atoms with Crippen LogP contribution in [0.25, 0.3) is 6.08 Å². The Bertz CT molecular complexity index is 685. The number of urea groups is 1. The van der Waals surface area contributed by atoms with Crippen LogP contribution in [0.1, 0.15) is 11.1 Å². The Kier molecular flexibility index (Phi) is 4.67. The van der Waals surface area contributed by atoms with E-state index in [4.69, 9.17) is 5.26 Å². The van der Waals surface area contributed by atoms with E-state index in [1.807, 2.05) is 6.07 Å². The first kappa shape index (κ1) is 14.3. The first-order valence-corrected chi connectivity index (χ1v) is 6.17. The molecule has 2 amide bonds. The van der Waals surface area contributed by atoms with E-state index in [9.17, 15) is 9.18 Å². The predicted octanol–water partition coefficient (Wildman–Crippen LogP) is 3.49. The predicted molar refractivity (Wildman–Crippen MR) is 78.7 cm³/mol. The maximum atomic E-state index is 12.7. The molecule has 0 bridgehead atoms. The summed E-state index contributed by atoms with van der Waals surface area (Å²) in [7, 11) is 0. The van der Waals surface area contributed by atoms with Crippen LogP contribution in [0.2, 0.25) is 0 Å². The number of nitriles is 1. The highest BCUT2D eigenvalue weighted by molar-refractivity contribution is 5.90. The number of anilines is 1. The molecule has 21 heavy (non-hydrogen) atoms. The fourth-order valence-corrected chi connectivity index (χ4v) is 1.58. The van der Waals surface area contributed by atoms with Crippen molar-refractivity contribution in [1.29, 1.82) is 5.26 Å². The molecule has 0 aliphatic rings. The Hall–Kier alpha value is -3.13. The van der Waals surface area contributed by atoms with Gasteiger partial charge >= 0.3 is 6.03 Å². The highest BCUT2D eigenvalue weighted by Crippen LogP contribution is 2.08. The van der Waals surface area contributed by atoms with Crippen molar-refractivity contribution in [1.82, 2.24) is 5.32 Å². The maximum Gasteiger partial charge on any atom is 0.323 e. The number of benzene rings is 2. The van der Waals surface area contributed by atoms with E-state index >= 15 is 0 Å². The molecule has 0 unspecified atom stereocenters. The number of hydrogen-bond donors (Lipinski definition) is 2. The van der Waals surface area contributed by atoms with Crippen LogP contribution in [0.5, 0.6) is 0 Å². The molecule has 0 spiro atoms. The summed E-state index contributed by atoms with van der Waals surface area (Å²) in [5.74, 6) is -0.307. The molecule has 0 aliphatic heterocycles. The Morgan fingerprint density at radius 1 is 1.10 bits per heavy atom. The maximum absolute atomic E-state index is 12.7. The number of carbonyl (C=O) groups excluding carboxylic acids is 1. The third kappa shape index (κ3) is 4.48. The van der Waals surface area contributed by atoms with Gasteiger partial charge in [0.05, 0.1) is 11.6 Å². The Morgan fingerprint density at radius 3 is 2.38 bits per heavy atom. The summed E-state index contributed by atoms with van der Waals surface area (Å²) in [5, 5.41) is 13.8. The van der Waals surface area contributed by atoms with Gasteiger partial charge < -0.3 is 10.6 Å². The zero-order chi connectivity index (χ0) is 15.1. The monoisotopic (exact) mass is 281 g/mol. The Balaban J connectivity index is 1.86. The number of rotatable bonds is 3. The molecule has 0 aliphatic carbocycles. The zero-order valence-corrected chi connectivity index (χ0v) is 11.0. The highest BCUT2D eigenvalue weighted by Gasteiger charge is 1.99. The van der Waals surface area contributed by atoms with Crippen molar-refractivity contribution in [2.75, 3.05) is 5.32 Å². The van der Waals surface area contributed by atoms with Crippen LogP contribution >= 0.6 is 0 Å². The Labute approximate surface area is 121 Å². The van der Waals surface area contributed by atoms with Crippen molar-refractivity contribution in [3.05, 3.63) is 71.7 Å². The number of hydrogen-bond acceptors (Lipinski definition) is 2. The topological polar surface area (TPSA) is 64.9 Å². The van der Waals surface area contributed by atoms with Gasteiger partial charge in [-0.1, -0.05) is 12.1 Å². The average Bonchev–Trinajstić information content (AvgIpc) is 2.50. The van der Waals surface area contributed by atoms with E-state index in [-0.39, 0.29) is 5.82 Å². The van der Waals surface area contributed by atoms with Crippen LogP contribution in [-0.4, -0.2) is 6.03 Å². The van der Waals surface area contributed by atoms with Gasteiger partial charge in [-0.2, -0.15) is 5.26 Å². The number of carbonyl (C=O) groups is 1. The molecule has 104 valence electrons. The zero-order valence-electron chi connectivity index (χ0n) is 11.0. The lowest BCUT2D eigenvalue weighted by molar-refractivity contribution is 0.255. The van der Waals surface area contributed by atoms with E-state index in [0.717, 1.165) is 5.56 Å². The summed E-state index contributed by atoms with van der Waals surface area (Å²) in [4.78, 5) is 11.6. The van der Waals surface area contributed by atoms with E-state index in [1.165, 1.54) is 18.3 Å². The lowest BCUT2D eigenvalue weighted by Gasteiger charge is -2.04. The van der Waals surface area contributed by atoms with Gasteiger partial charge in [-0.3, -0.25) is 0 Å². The second-order valence-electron chi connectivity index (χ2n) is 4.17. The van der Waals surface area contributed by atoms with Crippen LogP contribution in [-0.2, 0) is 0 Å². The molecule has 0 fully saturated rings. The fraction of sp³-hybridized carbons (Fsp3) is 0. The lowest BCUT2D eigenvalue weighted by Crippen LogP contribution is -2.23. The quantitative estimate of drug-likeness (QED) is 0.904. The molecule has 2 N–H and O–H groups in total. The number of nitrogens with zero attached hydrogens (tertiary/aromatic N) is 1. The second kappa shape index (κ2) is 6.87. The first-order valence-electron chi connectivity index (χ1n) is 6.17. The van der Waals surface area contributed by atoms with Crippen molar-refractivity contribution in [2.24, 2.45) is 0 Å². The van der Waals surface area contributed by atoms with Crippen LogP contribution in [0.4, 0.5) is 14.9 Å². The molecule has 2 rings (SSSR count). The van der Waals surface area contributed by atoms with Crippen LogP contribution < -0.4 is 10.6 Å². The average molecular weight is 281 g/mol. The van der Waals surface area contributed by atoms with E-state index in [1.54, 1.807) is 42.5 Å². The molecule has 0 atom stereocenters. The fourth-order valence-electron chi connectivity index (χ4n) is 1.58. The van der Waals surface area contributed by atoms with Crippen molar-refractivity contribution in [2.45, 2.75) is 0 Å². The smallest absolute Gasteiger partial charge is 0.314 e. The van der Waals surface area contributed by atoms with Gasteiger partial charge in [-0.25, -0.2) is 9.18 Å². The minimum absolute atomic E-state index is 0.307. The summed E-state index contributed by atoms with van der Waals surface area (Å²) >= 11 is 0. The molecule has 5 heteroatoms. The minimum Gasteiger partial charge on any atom is -0.314 e. The van der Waals surface area contributed by atoms with Crippen molar-refractivity contribution < 1.29 is 9.18 Å². The van der Waals surface area contributed by atoms with E-state index < -0.39 is 6.03 Å². The van der Waals surface area contributed by atoms with Gasteiger partial charge in [0.25, 0.3) is 0 Å². The summed E-state index contributed by atoms with van der Waals surface area (Å²) in [6.45, 7) is 0. The summed E-state index contributed by atoms with van der Waals surface area (Å²) in [6, 6.07) is 14.0. The van der Waals surface area contributed by atoms with Gasteiger partial charge in [-0.15, -0.1) is 0 Å². The van der Waals surface area contributed by atoms with Crippen LogP contribution in [0.3, 0.4) is 0 Å². The molecule has 0 aromatic heterocycles. The lowest BCUT2D eigenvalue weighted by atomic mass is 10.2. The van der Waals surface area contributed by atoms with Crippen LogP contribution in [0.15, 0.2) is 54.7 Å². The standard InChI is InChI=1S/C16H12FN3O/c17-14-5-1-12(2-6-14)9-10-19-16(21)20-15-7-3-13(11-18)4-8-15/h1-10H,(H2,19,20,21)/b10-9+. The van der Waals surface area contributed by atoms with E-state index in [2.05, 4.69) is 10.6 Å². The van der Waals surface area contributed by atoms with Gasteiger partial charge in [-0.05, 0) is 48.0 Å². The molecule has 0 radical (unpaired) electrons. The summed E-state index contributed by atoms with van der Waals surface area (Å²) < 4.78 is 12.7. The first-order chi connectivity index (χ1) is 10.2. The van der Waals surface area contributed by atoms with Gasteiger partial charge in [0.2, 0.25) is 0 Å². The largest absolute Gasteiger partial charge is 0.323 e. The minimum atomic E-state index is -0.405. The number of nitrogens with one attached hydrogen (secondary N) is 2. The molecule has 2 aromatic carbocycles. The van der Waals surface area contributed by atoms with Crippen molar-refractivity contribution >= 4 is 17.8 Å². The second-order valence-corrected chi connectivity index (χ2v) is 4.17. The number of amides is 2. The molecular weight excluding hydrogens is 269 g/mol. The van der Waals surface area contributed by atoms with Crippen molar-refractivity contribution in [3.63, 3.8) is 0 Å². The van der Waals surface area contributed by atoms with Gasteiger partial charge in [0.15, 0.2) is 0 Å². The van der Waals surface area contributed by atoms with E-state index in [0.29, 0.717) is 11.3 Å². The van der Waals surface area contributed by atoms with Gasteiger partial charge in [0.1, 0.15) is 5.82 Å². The SMILES string of the molecule is N#Cc1ccc(NC(=O)N/C=C/c2ccc(F)cc2)cc1. The third-order valence-corrected chi connectivity index (χ3v) is 2.63. The van der Waals surface area contributed by atoms with Crippen molar-refractivity contribution in [3.8, 4) is 6.07 Å².